The number of hydrogen-bond acceptors (Lipinski definition) is 0. The predicted molar refractivity (Wildman–Crippen MR) is 250 cm³/mol. The molecule has 0 saturated heterocycles. The van der Waals surface area contributed by atoms with Crippen LogP contribution in [0.4, 0.5) is 0 Å². The quantitative estimate of drug-likeness (QED) is 0.155. The number of allylic oxidation sites excluding steroid dienone is 2. The van der Waals surface area contributed by atoms with E-state index >= 15 is 0 Å². The van der Waals surface area contributed by atoms with E-state index in [1.807, 2.05) is 0 Å². The second kappa shape index (κ2) is 17.7. The van der Waals surface area contributed by atoms with Crippen molar-refractivity contribution >= 4 is 43.8 Å². The van der Waals surface area contributed by atoms with Gasteiger partial charge < -0.3 is 0 Å². The third kappa shape index (κ3) is 8.81. The van der Waals surface area contributed by atoms with Crippen LogP contribution >= 0.6 is 24.8 Å². The number of rotatable bonds is 8. The molecule has 4 aromatic rings. The Balaban J connectivity index is 0.00000266. The van der Waals surface area contributed by atoms with Gasteiger partial charge in [-0.3, -0.25) is 0 Å². The van der Waals surface area contributed by atoms with Gasteiger partial charge in [0.25, 0.3) is 0 Å². The van der Waals surface area contributed by atoms with Gasteiger partial charge in [0.05, 0.1) is 0 Å². The number of halogens is 2. The van der Waals surface area contributed by atoms with Gasteiger partial charge in [-0.15, -0.1) is 24.8 Å². The van der Waals surface area contributed by atoms with Crippen LogP contribution in [0.15, 0.2) is 108 Å². The molecule has 2 atom stereocenters. The molecule has 0 N–H and O–H groups in total. The van der Waals surface area contributed by atoms with Gasteiger partial charge in [0, 0.05) is 0 Å². The van der Waals surface area contributed by atoms with E-state index in [1.54, 1.807) is 22.3 Å². The molecule has 4 heteroatoms. The van der Waals surface area contributed by atoms with E-state index in [-0.39, 0.29) is 24.8 Å². The molecule has 4 aliphatic rings. The standard InChI is InChI=1S/2C25H29.2CH3.2ClH.H2Si.Zr/c2*1-25(15-8-3-2-4-9-16-25)19-20-17-22-13-10-14-23(24(22)18-20)21-11-6-5-7-12-21;;;;;;/h2*5-7,10-14,17-18H,2-4,8-9,15-16,19H2,1H3;2*1H3;2*1H;1H2;. The van der Waals surface area contributed by atoms with Crippen molar-refractivity contribution in [2.75, 3.05) is 0 Å². The van der Waals surface area contributed by atoms with Crippen LogP contribution < -0.4 is 0 Å². The maximum atomic E-state index is 2.91. The molecule has 56 heavy (non-hydrogen) atoms. The summed E-state index contributed by atoms with van der Waals surface area (Å²) in [6.07, 6.45) is 27.6. The molecule has 0 radical (unpaired) electrons. The van der Waals surface area contributed by atoms with Gasteiger partial charge in [0.2, 0.25) is 0 Å². The van der Waals surface area contributed by atoms with Crippen LogP contribution in [0.2, 0.25) is 9.26 Å². The fourth-order valence-electron chi connectivity index (χ4n) is 12.2. The summed E-state index contributed by atoms with van der Waals surface area (Å²) in [5.41, 5.74) is 16.3. The summed E-state index contributed by atoms with van der Waals surface area (Å²) in [6, 6.07) is 37.3. The number of hydrogen-bond donors (Lipinski definition) is 0. The van der Waals surface area contributed by atoms with Crippen molar-refractivity contribution in [3.63, 3.8) is 0 Å². The summed E-state index contributed by atoms with van der Waals surface area (Å²) in [7, 11) is 0. The smallest absolute Gasteiger partial charge is 0.147 e. The first-order valence-electron chi connectivity index (χ1n) is 21.9. The van der Waals surface area contributed by atoms with Gasteiger partial charge in [-0.05, 0) is 0 Å². The van der Waals surface area contributed by atoms with E-state index in [0.29, 0.717) is 18.1 Å². The summed E-state index contributed by atoms with van der Waals surface area (Å²) >= 11 is -3.91. The summed E-state index contributed by atoms with van der Waals surface area (Å²) in [5.74, 6) is 0. The Bertz CT molecular complexity index is 1940. The van der Waals surface area contributed by atoms with Gasteiger partial charge in [-0.1, -0.05) is 0 Å². The van der Waals surface area contributed by atoms with E-state index < -0.39 is 17.4 Å². The van der Waals surface area contributed by atoms with Crippen LogP contribution in [-0.4, -0.2) is 6.88 Å². The second-order valence-corrected chi connectivity index (χ2v) is 50.6. The average molecular weight is 883 g/mol. The minimum Gasteiger partial charge on any atom is -0.147 e. The molecule has 2 fully saturated rings. The molecule has 0 nitrogen and oxygen atoms in total. The molecular formula is C52H68Cl2SiZr. The van der Waals surface area contributed by atoms with Crippen molar-refractivity contribution in [3.05, 3.63) is 130 Å². The summed E-state index contributed by atoms with van der Waals surface area (Å²) in [6.45, 7) is 7.91. The minimum atomic E-state index is -3.91. The van der Waals surface area contributed by atoms with Crippen LogP contribution in [0.5, 0.6) is 0 Å². The molecule has 0 aliphatic heterocycles. The van der Waals surface area contributed by atoms with E-state index in [4.69, 9.17) is 0 Å². The molecule has 0 aromatic heterocycles. The monoisotopic (exact) mass is 880 g/mol. The zero-order valence-electron chi connectivity index (χ0n) is 34.9. The van der Waals surface area contributed by atoms with E-state index in [1.165, 1.54) is 136 Å². The zero-order valence-corrected chi connectivity index (χ0v) is 40.4. The Hall–Kier alpha value is -1.96. The Kier molecular flexibility index (Phi) is 13.8. The molecule has 4 aromatic carbocycles. The van der Waals surface area contributed by atoms with Gasteiger partial charge in [0.15, 0.2) is 0 Å². The van der Waals surface area contributed by atoms with Crippen LogP contribution in [-0.2, 0) is 17.4 Å². The van der Waals surface area contributed by atoms with Gasteiger partial charge >= 0.3 is 333 Å². The molecule has 298 valence electrons. The molecule has 0 amide bonds. The van der Waals surface area contributed by atoms with E-state index in [2.05, 4.69) is 139 Å². The van der Waals surface area contributed by atoms with Crippen LogP contribution in [0, 0.1) is 10.8 Å². The summed E-state index contributed by atoms with van der Waals surface area (Å²) in [4.78, 5) is 0. The van der Waals surface area contributed by atoms with Crippen molar-refractivity contribution < 1.29 is 17.4 Å². The van der Waals surface area contributed by atoms with Gasteiger partial charge in [-0.2, -0.15) is 0 Å². The third-order valence-electron chi connectivity index (χ3n) is 14.8. The van der Waals surface area contributed by atoms with Crippen molar-refractivity contribution in [1.29, 1.82) is 0 Å². The van der Waals surface area contributed by atoms with Crippen molar-refractivity contribution in [1.82, 2.24) is 0 Å². The molecule has 4 aliphatic carbocycles. The topological polar surface area (TPSA) is 0 Å². The number of benzene rings is 4. The SMILES string of the molecule is CC1(CC2=Cc3c(-c4ccccc4)cccc3[CH]2[Zr]([CH3])([CH3])(=[SiH2])[CH]2C(CC3(C)CCCCCCC3)=Cc3c(-c4ccccc4)cccc32)CCCCCCC1.Cl.Cl. The maximum Gasteiger partial charge on any atom is -0.147 e. The number of fused-ring (bicyclic) bond motifs is 2. The molecule has 0 spiro atoms. The first kappa shape index (κ1) is 43.6. The molecule has 0 heterocycles. The Labute approximate surface area is 355 Å². The molecule has 2 unspecified atom stereocenters. The molecule has 2 saturated carbocycles. The van der Waals surface area contributed by atoms with E-state index in [0.717, 1.165) is 0 Å². The molecular weight excluding hydrogens is 815 g/mol. The van der Waals surface area contributed by atoms with Crippen molar-refractivity contribution in [2.24, 2.45) is 10.8 Å². The molecule has 0 bridgehead atoms. The average Bonchev–Trinajstić information content (AvgIpc) is 3.71. The fourth-order valence-corrected chi connectivity index (χ4v) is 31.9. The minimum absolute atomic E-state index is 0. The maximum absolute atomic E-state index is 3.91. The predicted octanol–water partition coefficient (Wildman–Crippen LogP) is 16.1. The Morgan fingerprint density at radius 1 is 0.482 bits per heavy atom. The zero-order chi connectivity index (χ0) is 37.4. The van der Waals surface area contributed by atoms with Crippen molar-refractivity contribution in [3.8, 4) is 22.3 Å². The second-order valence-electron chi connectivity index (χ2n) is 20.1. The van der Waals surface area contributed by atoms with Crippen LogP contribution in [0.25, 0.3) is 34.4 Å². The third-order valence-corrected chi connectivity index (χ3v) is 32.3. The van der Waals surface area contributed by atoms with Crippen LogP contribution in [0.1, 0.15) is 146 Å². The Morgan fingerprint density at radius 3 is 1.18 bits per heavy atom. The first-order valence-corrected chi connectivity index (χ1v) is 35.6. The Morgan fingerprint density at radius 2 is 0.821 bits per heavy atom. The normalized spacial score (nSPS) is 22.0. The fraction of sp³-hybridized carbons (Fsp3) is 0.462. The van der Waals surface area contributed by atoms with Crippen molar-refractivity contribution in [2.45, 2.75) is 133 Å². The summed E-state index contributed by atoms with van der Waals surface area (Å²) in [5, 5.41) is 0. The first-order chi connectivity index (χ1) is 26.0. The van der Waals surface area contributed by atoms with Gasteiger partial charge in [-0.25, -0.2) is 0 Å². The van der Waals surface area contributed by atoms with E-state index in [9.17, 15) is 0 Å². The largest absolute Gasteiger partial charge is 0.147 e. The van der Waals surface area contributed by atoms with Gasteiger partial charge in [0.1, 0.15) is 0 Å². The summed E-state index contributed by atoms with van der Waals surface area (Å²) < 4.78 is 6.89. The van der Waals surface area contributed by atoms with Crippen LogP contribution in [0.3, 0.4) is 0 Å². The molecule has 8 rings (SSSR count).